The van der Waals surface area contributed by atoms with Gasteiger partial charge < -0.3 is 10.5 Å². The summed E-state index contributed by atoms with van der Waals surface area (Å²) in [5.41, 5.74) is 7.76. The first kappa shape index (κ1) is 13.3. The lowest BCUT2D eigenvalue weighted by Gasteiger charge is -2.25. The van der Waals surface area contributed by atoms with Crippen LogP contribution in [0.1, 0.15) is 17.9 Å². The Balaban J connectivity index is 1.75. The fraction of sp³-hybridized carbons (Fsp3) is 0.250. The van der Waals surface area contributed by atoms with Crippen molar-refractivity contribution in [2.75, 3.05) is 18.1 Å². The summed E-state index contributed by atoms with van der Waals surface area (Å²) in [4.78, 5) is 0.814. The number of rotatable bonds is 3. The van der Waals surface area contributed by atoms with Crippen LogP contribution in [0.15, 0.2) is 47.4 Å². The molecule has 2 aromatic carbocycles. The van der Waals surface area contributed by atoms with Gasteiger partial charge in [-0.15, -0.1) is 11.8 Å². The van der Waals surface area contributed by atoms with E-state index in [4.69, 9.17) is 10.5 Å². The van der Waals surface area contributed by atoms with Crippen LogP contribution < -0.4 is 10.5 Å². The minimum Gasteiger partial charge on any atom is -0.493 e. The van der Waals surface area contributed by atoms with E-state index < -0.39 is 0 Å². The molecule has 0 spiro atoms. The second-order valence-corrected chi connectivity index (χ2v) is 5.93. The molecule has 4 heteroatoms. The van der Waals surface area contributed by atoms with E-state index in [2.05, 4.69) is 6.07 Å². The first-order chi connectivity index (χ1) is 9.74. The van der Waals surface area contributed by atoms with Crippen molar-refractivity contribution in [1.29, 1.82) is 0 Å². The van der Waals surface area contributed by atoms with E-state index >= 15 is 0 Å². The van der Waals surface area contributed by atoms with Crippen molar-refractivity contribution >= 4 is 17.4 Å². The van der Waals surface area contributed by atoms with Gasteiger partial charge >= 0.3 is 0 Å². The summed E-state index contributed by atoms with van der Waals surface area (Å²) < 4.78 is 18.9. The minimum absolute atomic E-state index is 0.242. The van der Waals surface area contributed by atoms with Gasteiger partial charge in [0.25, 0.3) is 0 Å². The van der Waals surface area contributed by atoms with Crippen LogP contribution in [0.25, 0.3) is 0 Å². The molecule has 2 nitrogen and oxygen atoms in total. The van der Waals surface area contributed by atoms with Gasteiger partial charge in [0.15, 0.2) is 0 Å². The van der Waals surface area contributed by atoms with Crippen molar-refractivity contribution in [1.82, 2.24) is 0 Å². The number of halogens is 1. The molecule has 0 saturated heterocycles. The highest BCUT2D eigenvalue weighted by atomic mass is 32.2. The van der Waals surface area contributed by atoms with Gasteiger partial charge in [-0.05, 0) is 36.2 Å². The van der Waals surface area contributed by atoms with E-state index in [9.17, 15) is 4.39 Å². The summed E-state index contributed by atoms with van der Waals surface area (Å²) in [5.74, 6) is 2.03. The summed E-state index contributed by atoms with van der Waals surface area (Å²) >= 11 is 1.61. The average Bonchev–Trinajstić information content (AvgIpc) is 2.48. The topological polar surface area (TPSA) is 35.2 Å². The van der Waals surface area contributed by atoms with Gasteiger partial charge in [-0.3, -0.25) is 0 Å². The molecule has 2 aromatic rings. The lowest BCUT2D eigenvalue weighted by atomic mass is 9.95. The molecule has 3 rings (SSSR count). The number of para-hydroxylation sites is 1. The van der Waals surface area contributed by atoms with Gasteiger partial charge in [0.2, 0.25) is 0 Å². The maximum Gasteiger partial charge on any atom is 0.124 e. The highest BCUT2D eigenvalue weighted by molar-refractivity contribution is 7.99. The molecule has 0 bridgehead atoms. The third-order valence-corrected chi connectivity index (χ3v) is 4.73. The zero-order valence-corrected chi connectivity index (χ0v) is 11.8. The largest absolute Gasteiger partial charge is 0.493 e. The Bertz CT molecular complexity index is 617. The number of hydrogen-bond acceptors (Lipinski definition) is 3. The molecule has 0 radical (unpaired) electrons. The normalized spacial score (nSPS) is 17.4. The number of ether oxygens (including phenoxy) is 1. The molecular formula is C16H16FNOS. The lowest BCUT2D eigenvalue weighted by Crippen LogP contribution is -2.15. The van der Waals surface area contributed by atoms with E-state index in [1.807, 2.05) is 18.2 Å². The zero-order valence-electron chi connectivity index (χ0n) is 11.0. The molecular weight excluding hydrogens is 273 g/mol. The molecule has 1 unspecified atom stereocenters. The fourth-order valence-corrected chi connectivity index (χ4v) is 3.57. The quantitative estimate of drug-likeness (QED) is 0.683. The Hall–Kier alpha value is -1.68. The van der Waals surface area contributed by atoms with E-state index in [-0.39, 0.29) is 5.82 Å². The zero-order chi connectivity index (χ0) is 13.9. The summed E-state index contributed by atoms with van der Waals surface area (Å²) in [5, 5.41) is 0. The van der Waals surface area contributed by atoms with Crippen LogP contribution in [0.5, 0.6) is 5.75 Å². The van der Waals surface area contributed by atoms with Crippen LogP contribution in [0.4, 0.5) is 10.1 Å². The molecule has 104 valence electrons. The minimum atomic E-state index is -0.242. The second-order valence-electron chi connectivity index (χ2n) is 4.87. The van der Waals surface area contributed by atoms with Crippen LogP contribution in [-0.2, 0) is 0 Å². The number of benzene rings is 2. The van der Waals surface area contributed by atoms with Crippen molar-refractivity contribution in [3.63, 3.8) is 0 Å². The van der Waals surface area contributed by atoms with Crippen LogP contribution in [0.3, 0.4) is 0 Å². The summed E-state index contributed by atoms with van der Waals surface area (Å²) in [6.07, 6.45) is 0.985. The standard InChI is InChI=1S/C16H16FNOS/c17-12-5-6-14(18)16(9-12)20-10-11-7-8-19-15-4-2-1-3-13(11)15/h1-6,9,11H,7-8,10,18H2. The van der Waals surface area contributed by atoms with Gasteiger partial charge in [-0.25, -0.2) is 4.39 Å². The lowest BCUT2D eigenvalue weighted by molar-refractivity contribution is 0.273. The molecule has 1 atom stereocenters. The average molecular weight is 289 g/mol. The van der Waals surface area contributed by atoms with Gasteiger partial charge in [-0.2, -0.15) is 0 Å². The number of hydrogen-bond donors (Lipinski definition) is 1. The molecule has 0 amide bonds. The summed E-state index contributed by atoms with van der Waals surface area (Å²) in [7, 11) is 0. The fourth-order valence-electron chi connectivity index (χ4n) is 2.41. The first-order valence-corrected chi connectivity index (χ1v) is 7.62. The first-order valence-electron chi connectivity index (χ1n) is 6.63. The highest BCUT2D eigenvalue weighted by Crippen LogP contribution is 2.38. The Morgan fingerprint density at radius 1 is 1.25 bits per heavy atom. The van der Waals surface area contributed by atoms with Crippen molar-refractivity contribution in [2.24, 2.45) is 0 Å². The number of nitrogen functional groups attached to an aromatic ring is 1. The van der Waals surface area contributed by atoms with Crippen molar-refractivity contribution in [2.45, 2.75) is 17.2 Å². The highest BCUT2D eigenvalue weighted by Gasteiger charge is 2.21. The predicted octanol–water partition coefficient (Wildman–Crippen LogP) is 4.07. The summed E-state index contributed by atoms with van der Waals surface area (Å²) in [6, 6.07) is 12.6. The van der Waals surface area contributed by atoms with E-state index in [1.165, 1.54) is 17.7 Å². The number of anilines is 1. The monoisotopic (exact) mass is 289 g/mol. The summed E-state index contributed by atoms with van der Waals surface area (Å²) in [6.45, 7) is 0.737. The van der Waals surface area contributed by atoms with Gasteiger partial charge in [-0.1, -0.05) is 18.2 Å². The molecule has 2 N–H and O–H groups in total. The number of nitrogens with two attached hydrogens (primary N) is 1. The molecule has 0 fully saturated rings. The predicted molar refractivity (Wildman–Crippen MR) is 80.8 cm³/mol. The molecule has 1 aliphatic rings. The Morgan fingerprint density at radius 2 is 2.10 bits per heavy atom. The molecule has 1 heterocycles. The van der Waals surface area contributed by atoms with Gasteiger partial charge in [0.05, 0.1) is 6.61 Å². The SMILES string of the molecule is Nc1ccc(F)cc1SCC1CCOc2ccccc21. The van der Waals surface area contributed by atoms with Crippen LogP contribution in [0, 0.1) is 5.82 Å². The molecule has 0 saturated carbocycles. The van der Waals surface area contributed by atoms with Crippen LogP contribution >= 0.6 is 11.8 Å². The third-order valence-electron chi connectivity index (χ3n) is 3.50. The maximum atomic E-state index is 13.3. The second kappa shape index (κ2) is 5.75. The number of fused-ring (bicyclic) bond motifs is 1. The van der Waals surface area contributed by atoms with E-state index in [0.717, 1.165) is 29.4 Å². The van der Waals surface area contributed by atoms with Crippen molar-refractivity contribution in [3.05, 3.63) is 53.8 Å². The van der Waals surface area contributed by atoms with Gasteiger partial charge in [0, 0.05) is 22.3 Å². The molecule has 0 aliphatic carbocycles. The number of thioether (sulfide) groups is 1. The Labute approximate surface area is 122 Å². The molecule has 1 aliphatic heterocycles. The Kier molecular flexibility index (Phi) is 3.83. The molecule has 20 heavy (non-hydrogen) atoms. The third kappa shape index (κ3) is 2.75. The van der Waals surface area contributed by atoms with Crippen molar-refractivity contribution in [3.8, 4) is 5.75 Å². The van der Waals surface area contributed by atoms with Crippen LogP contribution in [0.2, 0.25) is 0 Å². The smallest absolute Gasteiger partial charge is 0.124 e. The maximum absolute atomic E-state index is 13.3. The van der Waals surface area contributed by atoms with Crippen LogP contribution in [-0.4, -0.2) is 12.4 Å². The Morgan fingerprint density at radius 3 is 3.00 bits per heavy atom. The van der Waals surface area contributed by atoms with E-state index in [0.29, 0.717) is 11.6 Å². The molecule has 0 aromatic heterocycles. The van der Waals surface area contributed by atoms with Gasteiger partial charge in [0.1, 0.15) is 11.6 Å². The van der Waals surface area contributed by atoms with E-state index in [1.54, 1.807) is 17.8 Å². The van der Waals surface area contributed by atoms with Crippen molar-refractivity contribution < 1.29 is 9.13 Å².